The van der Waals surface area contributed by atoms with Crippen molar-refractivity contribution < 1.29 is 23.8 Å². The van der Waals surface area contributed by atoms with Gasteiger partial charge in [-0.15, -0.1) is 0 Å². The number of esters is 1. The molecular weight excluding hydrogens is 396 g/mol. The van der Waals surface area contributed by atoms with Gasteiger partial charge in [0.25, 0.3) is 5.91 Å². The van der Waals surface area contributed by atoms with Gasteiger partial charge in [0.1, 0.15) is 11.6 Å². The largest absolute Gasteiger partial charge is 0.493 e. The molecule has 29 heavy (non-hydrogen) atoms. The van der Waals surface area contributed by atoms with Crippen molar-refractivity contribution in [2.24, 2.45) is 0 Å². The van der Waals surface area contributed by atoms with Gasteiger partial charge in [-0.2, -0.15) is 5.26 Å². The Labute approximate surface area is 173 Å². The predicted molar refractivity (Wildman–Crippen MR) is 109 cm³/mol. The predicted octanol–water partition coefficient (Wildman–Crippen LogP) is 3.75. The Kier molecular flexibility index (Phi) is 7.63. The zero-order chi connectivity index (χ0) is 21.4. The Morgan fingerprint density at radius 1 is 1.17 bits per heavy atom. The number of benzene rings is 2. The molecule has 0 aliphatic rings. The van der Waals surface area contributed by atoms with Crippen molar-refractivity contribution in [1.29, 1.82) is 5.26 Å². The second-order valence-electron chi connectivity index (χ2n) is 5.86. The summed E-state index contributed by atoms with van der Waals surface area (Å²) < 4.78 is 15.1. The number of amides is 1. The topological polar surface area (TPSA) is 97.7 Å². The van der Waals surface area contributed by atoms with Crippen molar-refractivity contribution in [3.05, 3.63) is 58.1 Å². The van der Waals surface area contributed by atoms with E-state index in [-0.39, 0.29) is 12.2 Å². The van der Waals surface area contributed by atoms with E-state index in [1.807, 2.05) is 13.0 Å². The molecule has 2 aromatic carbocycles. The molecule has 0 saturated carbocycles. The van der Waals surface area contributed by atoms with Gasteiger partial charge >= 0.3 is 5.97 Å². The first-order valence-corrected chi connectivity index (χ1v) is 8.82. The lowest BCUT2D eigenvalue weighted by Crippen LogP contribution is -2.13. The number of anilines is 1. The molecule has 0 heterocycles. The van der Waals surface area contributed by atoms with Crippen molar-refractivity contribution in [1.82, 2.24) is 0 Å². The quantitative estimate of drug-likeness (QED) is 0.421. The summed E-state index contributed by atoms with van der Waals surface area (Å²) in [6, 6.07) is 11.7. The van der Waals surface area contributed by atoms with Gasteiger partial charge < -0.3 is 19.5 Å². The standard InChI is InChI=1S/C21H19ClN2O5/c1-13-4-6-16(10-17(13)22)24-21(26)15(11-23)8-14-5-7-18(19(9-14)27-2)29-12-20(25)28-3/h4-10H,12H2,1-3H3,(H,24,26)/b15-8-. The first-order valence-electron chi connectivity index (χ1n) is 8.45. The van der Waals surface area contributed by atoms with E-state index in [0.29, 0.717) is 27.8 Å². The van der Waals surface area contributed by atoms with Crippen LogP contribution in [0.5, 0.6) is 11.5 Å². The van der Waals surface area contributed by atoms with Crippen LogP contribution in [-0.4, -0.2) is 32.7 Å². The van der Waals surface area contributed by atoms with E-state index in [9.17, 15) is 14.9 Å². The molecule has 1 amide bonds. The number of rotatable bonds is 7. The number of hydrogen-bond acceptors (Lipinski definition) is 6. The van der Waals surface area contributed by atoms with Crippen LogP contribution < -0.4 is 14.8 Å². The van der Waals surface area contributed by atoms with Crippen molar-refractivity contribution >= 4 is 35.2 Å². The molecule has 1 N–H and O–H groups in total. The summed E-state index contributed by atoms with van der Waals surface area (Å²) in [6.45, 7) is 1.58. The molecule has 0 bridgehead atoms. The molecule has 0 radical (unpaired) electrons. The molecule has 150 valence electrons. The fourth-order valence-corrected chi connectivity index (χ4v) is 2.45. The van der Waals surface area contributed by atoms with Crippen LogP contribution in [0.15, 0.2) is 42.0 Å². The lowest BCUT2D eigenvalue weighted by molar-refractivity contribution is -0.142. The molecular formula is C21H19ClN2O5. The molecule has 7 nitrogen and oxygen atoms in total. The highest BCUT2D eigenvalue weighted by molar-refractivity contribution is 6.31. The van der Waals surface area contributed by atoms with Crippen LogP contribution in [0.3, 0.4) is 0 Å². The number of hydrogen-bond donors (Lipinski definition) is 1. The summed E-state index contributed by atoms with van der Waals surface area (Å²) in [5.41, 5.74) is 1.80. The van der Waals surface area contributed by atoms with Gasteiger partial charge in [-0.05, 0) is 48.4 Å². The van der Waals surface area contributed by atoms with E-state index < -0.39 is 11.9 Å². The zero-order valence-corrected chi connectivity index (χ0v) is 16.9. The van der Waals surface area contributed by atoms with Gasteiger partial charge in [-0.1, -0.05) is 23.7 Å². The van der Waals surface area contributed by atoms with E-state index in [2.05, 4.69) is 10.1 Å². The van der Waals surface area contributed by atoms with Gasteiger partial charge in [0.05, 0.1) is 14.2 Å². The Morgan fingerprint density at radius 2 is 1.93 bits per heavy atom. The first kappa shape index (κ1) is 21.8. The summed E-state index contributed by atoms with van der Waals surface area (Å²) in [4.78, 5) is 23.6. The highest BCUT2D eigenvalue weighted by Gasteiger charge is 2.12. The average molecular weight is 415 g/mol. The van der Waals surface area contributed by atoms with Crippen molar-refractivity contribution in [3.8, 4) is 17.6 Å². The number of carbonyl (C=O) groups excluding carboxylic acids is 2. The van der Waals surface area contributed by atoms with Crippen LogP contribution in [0, 0.1) is 18.3 Å². The lowest BCUT2D eigenvalue weighted by atomic mass is 10.1. The normalized spacial score (nSPS) is 10.7. The maximum Gasteiger partial charge on any atom is 0.343 e. The zero-order valence-electron chi connectivity index (χ0n) is 16.1. The number of ether oxygens (including phenoxy) is 3. The van der Waals surface area contributed by atoms with Crippen molar-refractivity contribution in [2.45, 2.75) is 6.92 Å². The Bertz CT molecular complexity index is 995. The van der Waals surface area contributed by atoms with Crippen LogP contribution in [0.1, 0.15) is 11.1 Å². The number of halogens is 1. The number of nitrogens with zero attached hydrogens (tertiary/aromatic N) is 1. The van der Waals surface area contributed by atoms with Crippen LogP contribution in [-0.2, 0) is 14.3 Å². The third-order valence-corrected chi connectivity index (χ3v) is 4.27. The lowest BCUT2D eigenvalue weighted by Gasteiger charge is -2.11. The minimum atomic E-state index is -0.572. The first-order chi connectivity index (χ1) is 13.9. The van der Waals surface area contributed by atoms with E-state index >= 15 is 0 Å². The van der Waals surface area contributed by atoms with Crippen molar-refractivity contribution in [3.63, 3.8) is 0 Å². The maximum atomic E-state index is 12.4. The van der Waals surface area contributed by atoms with Crippen molar-refractivity contribution in [2.75, 3.05) is 26.1 Å². The number of nitrogens with one attached hydrogen (secondary N) is 1. The Balaban J connectivity index is 2.20. The maximum absolute atomic E-state index is 12.4. The molecule has 0 atom stereocenters. The fraction of sp³-hybridized carbons (Fsp3) is 0.190. The molecule has 2 rings (SSSR count). The third-order valence-electron chi connectivity index (χ3n) is 3.87. The third kappa shape index (κ3) is 5.99. The second kappa shape index (κ2) is 10.2. The van der Waals surface area contributed by atoms with Crippen LogP contribution in [0.4, 0.5) is 5.69 Å². The Hall–Kier alpha value is -3.50. The average Bonchev–Trinajstić information content (AvgIpc) is 2.72. The van der Waals surface area contributed by atoms with Crippen LogP contribution >= 0.6 is 11.6 Å². The number of methoxy groups -OCH3 is 2. The molecule has 2 aromatic rings. The van der Waals surface area contributed by atoms with Gasteiger partial charge in [0.2, 0.25) is 0 Å². The molecule has 0 unspecified atom stereocenters. The van der Waals surface area contributed by atoms with Crippen LogP contribution in [0.25, 0.3) is 6.08 Å². The van der Waals surface area contributed by atoms with Gasteiger partial charge in [0.15, 0.2) is 18.1 Å². The van der Waals surface area contributed by atoms with Gasteiger partial charge in [0, 0.05) is 10.7 Å². The summed E-state index contributed by atoms with van der Waals surface area (Å²) in [5.74, 6) is -0.439. The fourth-order valence-electron chi connectivity index (χ4n) is 2.27. The number of nitriles is 1. The number of aryl methyl sites for hydroxylation is 1. The highest BCUT2D eigenvalue weighted by Crippen LogP contribution is 2.29. The molecule has 0 aliphatic carbocycles. The monoisotopic (exact) mass is 414 g/mol. The SMILES string of the molecule is COC(=O)COc1ccc(/C=C(/C#N)C(=O)Nc2ccc(C)c(Cl)c2)cc1OC. The number of carbonyl (C=O) groups is 2. The molecule has 8 heteroatoms. The smallest absolute Gasteiger partial charge is 0.343 e. The second-order valence-corrected chi connectivity index (χ2v) is 6.27. The minimum absolute atomic E-state index is 0.105. The summed E-state index contributed by atoms with van der Waals surface area (Å²) in [7, 11) is 2.70. The molecule has 0 aromatic heterocycles. The Morgan fingerprint density at radius 3 is 2.55 bits per heavy atom. The molecule has 0 fully saturated rings. The molecule has 0 spiro atoms. The van der Waals surface area contributed by atoms with Gasteiger partial charge in [-0.25, -0.2) is 4.79 Å². The van der Waals surface area contributed by atoms with E-state index in [4.69, 9.17) is 21.1 Å². The summed E-state index contributed by atoms with van der Waals surface area (Å²) in [5, 5.41) is 12.5. The highest BCUT2D eigenvalue weighted by atomic mass is 35.5. The summed E-state index contributed by atoms with van der Waals surface area (Å²) >= 11 is 6.06. The molecule has 0 aliphatic heterocycles. The van der Waals surface area contributed by atoms with E-state index in [1.165, 1.54) is 20.3 Å². The van der Waals surface area contributed by atoms with Gasteiger partial charge in [-0.3, -0.25) is 4.79 Å². The van der Waals surface area contributed by atoms with E-state index in [1.54, 1.807) is 36.4 Å². The summed E-state index contributed by atoms with van der Waals surface area (Å²) in [6.07, 6.45) is 1.41. The molecule has 0 saturated heterocycles. The van der Waals surface area contributed by atoms with Crippen LogP contribution in [0.2, 0.25) is 5.02 Å². The van der Waals surface area contributed by atoms with E-state index in [0.717, 1.165) is 5.56 Å². The minimum Gasteiger partial charge on any atom is -0.493 e.